The fraction of sp³-hybridized carbons (Fsp3) is 0.308. The van der Waals surface area contributed by atoms with Gasteiger partial charge in [0.15, 0.2) is 0 Å². The fourth-order valence-electron chi connectivity index (χ4n) is 3.37. The van der Waals surface area contributed by atoms with Crippen molar-refractivity contribution in [3.63, 3.8) is 0 Å². The fourth-order valence-corrected chi connectivity index (χ4v) is 3.37. The Morgan fingerprint density at radius 3 is 2.31 bits per heavy atom. The topological polar surface area (TPSA) is 39.2 Å². The van der Waals surface area contributed by atoms with Crippen molar-refractivity contribution < 1.29 is 9.53 Å². The molecular formula is C26H29NO2. The van der Waals surface area contributed by atoms with Crippen LogP contribution >= 0.6 is 0 Å². The van der Waals surface area contributed by atoms with Gasteiger partial charge in [-0.2, -0.15) is 0 Å². The molecule has 0 saturated carbocycles. The number of ether oxygens (including phenoxy) is 1. The number of unbranched alkanes of at least 4 members (excludes halogenated alkanes) is 3. The average Bonchev–Trinajstić information content (AvgIpc) is 2.78. The summed E-state index contributed by atoms with van der Waals surface area (Å²) >= 11 is 0. The summed E-state index contributed by atoms with van der Waals surface area (Å²) in [5.74, 6) is 1.29. The first-order valence-corrected chi connectivity index (χ1v) is 10.5. The molecule has 3 nitrogen and oxygen atoms in total. The Balaban J connectivity index is 1.29. The number of para-hydroxylation sites is 1. The number of ketones is 1. The minimum absolute atomic E-state index is 0.356. The van der Waals surface area contributed by atoms with Gasteiger partial charge in [-0.15, -0.1) is 0 Å². The summed E-state index contributed by atoms with van der Waals surface area (Å²) in [6.07, 6.45) is 9.82. The normalized spacial score (nSPS) is 10.6. The maximum atomic E-state index is 12.0. The van der Waals surface area contributed by atoms with Gasteiger partial charge in [-0.25, -0.2) is 0 Å². The van der Waals surface area contributed by atoms with Gasteiger partial charge in [0.1, 0.15) is 11.5 Å². The molecule has 0 bridgehead atoms. The highest BCUT2D eigenvalue weighted by molar-refractivity contribution is 5.78. The second kappa shape index (κ2) is 11.8. The van der Waals surface area contributed by atoms with Crippen molar-refractivity contribution in [2.75, 3.05) is 6.61 Å². The number of benzene rings is 2. The summed E-state index contributed by atoms with van der Waals surface area (Å²) in [5, 5.41) is 0. The third-order valence-electron chi connectivity index (χ3n) is 5.02. The van der Waals surface area contributed by atoms with Crippen molar-refractivity contribution in [1.29, 1.82) is 0 Å². The van der Waals surface area contributed by atoms with Crippen LogP contribution in [-0.2, 0) is 11.2 Å². The van der Waals surface area contributed by atoms with E-state index in [4.69, 9.17) is 4.74 Å². The molecule has 29 heavy (non-hydrogen) atoms. The molecule has 0 aliphatic heterocycles. The Morgan fingerprint density at radius 2 is 1.48 bits per heavy atom. The number of carbonyl (C=O) groups excluding carboxylic acids is 1. The number of hydrogen-bond donors (Lipinski definition) is 0. The first-order valence-electron chi connectivity index (χ1n) is 10.5. The van der Waals surface area contributed by atoms with E-state index in [2.05, 4.69) is 23.2 Å². The summed E-state index contributed by atoms with van der Waals surface area (Å²) in [4.78, 5) is 16.0. The molecule has 0 saturated heterocycles. The summed E-state index contributed by atoms with van der Waals surface area (Å²) in [5.41, 5.74) is 3.49. The van der Waals surface area contributed by atoms with Crippen molar-refractivity contribution in [2.24, 2.45) is 0 Å². The quantitative estimate of drug-likeness (QED) is 0.343. The lowest BCUT2D eigenvalue weighted by Crippen LogP contribution is -2.01. The summed E-state index contributed by atoms with van der Waals surface area (Å²) in [6.45, 7) is 0.708. The van der Waals surface area contributed by atoms with E-state index in [0.29, 0.717) is 25.2 Å². The smallest absolute Gasteiger partial charge is 0.133 e. The third-order valence-corrected chi connectivity index (χ3v) is 5.02. The van der Waals surface area contributed by atoms with E-state index in [1.165, 1.54) is 11.1 Å². The molecule has 2 aromatic carbocycles. The first kappa shape index (κ1) is 20.8. The number of nitrogens with zero attached hydrogens (tertiary/aromatic N) is 1. The lowest BCUT2D eigenvalue weighted by Gasteiger charge is -2.11. The second-order valence-corrected chi connectivity index (χ2v) is 7.27. The van der Waals surface area contributed by atoms with Gasteiger partial charge in [0, 0.05) is 30.8 Å². The molecule has 0 N–H and O–H groups in total. The number of aryl methyl sites for hydroxylation is 1. The number of hydrogen-bond acceptors (Lipinski definition) is 3. The molecule has 150 valence electrons. The molecule has 0 amide bonds. The Labute approximate surface area is 173 Å². The standard InChI is InChI=1S/C26H29NO2/c28-24(16-15-22-17-19-27-20-18-22)12-6-1-2-9-21-29-26-14-8-7-13-25(26)23-10-4-3-5-11-23/h3-5,7-8,10-11,13-14,17-20H,1-2,6,9,12,15-16,21H2. The van der Waals surface area contributed by atoms with Gasteiger partial charge in [0.25, 0.3) is 0 Å². The number of aromatic nitrogens is 1. The van der Waals surface area contributed by atoms with Crippen LogP contribution < -0.4 is 4.74 Å². The van der Waals surface area contributed by atoms with Gasteiger partial charge in [-0.1, -0.05) is 61.4 Å². The Kier molecular flexibility index (Phi) is 8.46. The Bertz CT molecular complexity index is 862. The monoisotopic (exact) mass is 387 g/mol. The van der Waals surface area contributed by atoms with Gasteiger partial charge in [0.2, 0.25) is 0 Å². The van der Waals surface area contributed by atoms with E-state index in [9.17, 15) is 4.79 Å². The highest BCUT2D eigenvalue weighted by atomic mass is 16.5. The molecule has 1 heterocycles. The summed E-state index contributed by atoms with van der Waals surface area (Å²) < 4.78 is 6.03. The zero-order chi connectivity index (χ0) is 20.2. The molecule has 3 aromatic rings. The van der Waals surface area contributed by atoms with Crippen LogP contribution in [0.2, 0.25) is 0 Å². The molecule has 3 rings (SSSR count). The van der Waals surface area contributed by atoms with Crippen LogP contribution in [0.1, 0.15) is 44.1 Å². The van der Waals surface area contributed by atoms with Gasteiger partial charge in [-0.05, 0) is 48.6 Å². The van der Waals surface area contributed by atoms with Gasteiger partial charge in [-0.3, -0.25) is 9.78 Å². The number of carbonyl (C=O) groups is 1. The molecule has 3 heteroatoms. The minimum Gasteiger partial charge on any atom is -0.493 e. The molecule has 0 atom stereocenters. The van der Waals surface area contributed by atoms with Crippen molar-refractivity contribution in [3.05, 3.63) is 84.7 Å². The minimum atomic E-state index is 0.356. The van der Waals surface area contributed by atoms with Crippen LogP contribution in [-0.4, -0.2) is 17.4 Å². The van der Waals surface area contributed by atoms with Crippen LogP contribution in [0.25, 0.3) is 11.1 Å². The van der Waals surface area contributed by atoms with Crippen molar-refractivity contribution in [3.8, 4) is 16.9 Å². The molecule has 0 fully saturated rings. The van der Waals surface area contributed by atoms with Gasteiger partial charge in [0.05, 0.1) is 6.61 Å². The molecule has 0 aliphatic rings. The highest BCUT2D eigenvalue weighted by Crippen LogP contribution is 2.29. The maximum Gasteiger partial charge on any atom is 0.133 e. The van der Waals surface area contributed by atoms with Crippen molar-refractivity contribution >= 4 is 5.78 Å². The predicted octanol–water partition coefficient (Wildman–Crippen LogP) is 6.28. The summed E-state index contributed by atoms with van der Waals surface area (Å²) in [7, 11) is 0. The van der Waals surface area contributed by atoms with E-state index < -0.39 is 0 Å². The largest absolute Gasteiger partial charge is 0.493 e. The molecule has 0 aliphatic carbocycles. The van der Waals surface area contributed by atoms with Crippen LogP contribution in [0.5, 0.6) is 5.75 Å². The van der Waals surface area contributed by atoms with Crippen LogP contribution in [0.4, 0.5) is 0 Å². The number of Topliss-reactive ketones (excluding diaryl/α,β-unsaturated/α-hetero) is 1. The highest BCUT2D eigenvalue weighted by Gasteiger charge is 2.06. The van der Waals surface area contributed by atoms with Crippen LogP contribution in [0.3, 0.4) is 0 Å². The second-order valence-electron chi connectivity index (χ2n) is 7.27. The average molecular weight is 388 g/mol. The molecule has 0 radical (unpaired) electrons. The molecule has 0 unspecified atom stereocenters. The number of rotatable bonds is 12. The SMILES string of the molecule is O=C(CCCCCCOc1ccccc1-c1ccccc1)CCc1ccncc1. The van der Waals surface area contributed by atoms with Gasteiger partial charge < -0.3 is 4.74 Å². The van der Waals surface area contributed by atoms with Crippen LogP contribution in [0, 0.1) is 0 Å². The van der Waals surface area contributed by atoms with E-state index >= 15 is 0 Å². The zero-order valence-electron chi connectivity index (χ0n) is 16.9. The summed E-state index contributed by atoms with van der Waals surface area (Å²) in [6, 6.07) is 22.5. The third kappa shape index (κ3) is 7.19. The van der Waals surface area contributed by atoms with Crippen LogP contribution in [0.15, 0.2) is 79.1 Å². The zero-order valence-corrected chi connectivity index (χ0v) is 16.9. The van der Waals surface area contributed by atoms with Gasteiger partial charge >= 0.3 is 0 Å². The Hall–Kier alpha value is -2.94. The molecule has 1 aromatic heterocycles. The van der Waals surface area contributed by atoms with E-state index in [0.717, 1.165) is 43.4 Å². The number of pyridine rings is 1. The molecular weight excluding hydrogens is 358 g/mol. The Morgan fingerprint density at radius 1 is 0.759 bits per heavy atom. The van der Waals surface area contributed by atoms with E-state index in [1.807, 2.05) is 48.5 Å². The van der Waals surface area contributed by atoms with E-state index in [1.54, 1.807) is 12.4 Å². The van der Waals surface area contributed by atoms with Crippen molar-refractivity contribution in [1.82, 2.24) is 4.98 Å². The molecule has 0 spiro atoms. The lowest BCUT2D eigenvalue weighted by molar-refractivity contribution is -0.119. The predicted molar refractivity (Wildman–Crippen MR) is 118 cm³/mol. The van der Waals surface area contributed by atoms with E-state index in [-0.39, 0.29) is 0 Å². The van der Waals surface area contributed by atoms with Crippen molar-refractivity contribution in [2.45, 2.75) is 44.9 Å². The first-order chi connectivity index (χ1) is 14.3. The lowest BCUT2D eigenvalue weighted by atomic mass is 10.0. The maximum absolute atomic E-state index is 12.0.